The zero-order valence-corrected chi connectivity index (χ0v) is 14.3. The van der Waals surface area contributed by atoms with Gasteiger partial charge in [0.2, 0.25) is 5.91 Å². The fraction of sp³-hybridized carbons (Fsp3) is 0.650. The molecule has 1 amide bonds. The van der Waals surface area contributed by atoms with Crippen molar-refractivity contribution in [1.29, 1.82) is 0 Å². The van der Waals surface area contributed by atoms with E-state index >= 15 is 0 Å². The number of hydrogen-bond donors (Lipinski definition) is 2. The van der Waals surface area contributed by atoms with Crippen molar-refractivity contribution in [2.24, 2.45) is 11.8 Å². The summed E-state index contributed by atoms with van der Waals surface area (Å²) in [6, 6.07) is 10.5. The zero-order valence-electron chi connectivity index (χ0n) is 14.3. The molecule has 1 unspecified atom stereocenters. The Labute approximate surface area is 144 Å². The number of piperidine rings is 3. The minimum atomic E-state index is -0.719. The lowest BCUT2D eigenvalue weighted by atomic mass is 9.75. The maximum absolute atomic E-state index is 12.6. The van der Waals surface area contributed by atoms with E-state index in [-0.39, 0.29) is 11.8 Å². The maximum atomic E-state index is 12.6. The van der Waals surface area contributed by atoms with Gasteiger partial charge in [-0.15, -0.1) is 0 Å². The van der Waals surface area contributed by atoms with Crippen molar-refractivity contribution in [3.05, 3.63) is 35.9 Å². The van der Waals surface area contributed by atoms with E-state index in [2.05, 4.69) is 34.5 Å². The summed E-state index contributed by atoms with van der Waals surface area (Å²) in [7, 11) is 0. The highest BCUT2D eigenvalue weighted by molar-refractivity contribution is 5.79. The van der Waals surface area contributed by atoms with Crippen LogP contribution in [0.1, 0.15) is 43.6 Å². The number of nitrogens with one attached hydrogen (secondary N) is 1. The normalized spacial score (nSPS) is 38.2. The van der Waals surface area contributed by atoms with E-state index in [0.717, 1.165) is 51.7 Å². The molecule has 1 saturated carbocycles. The second kappa shape index (κ2) is 6.49. The van der Waals surface area contributed by atoms with Crippen LogP contribution >= 0.6 is 0 Å². The van der Waals surface area contributed by atoms with E-state index in [4.69, 9.17) is 0 Å². The molecule has 3 aliphatic heterocycles. The van der Waals surface area contributed by atoms with Crippen molar-refractivity contribution >= 4 is 5.91 Å². The van der Waals surface area contributed by atoms with E-state index < -0.39 is 5.60 Å². The number of amides is 1. The Balaban J connectivity index is 1.31. The first-order valence-corrected chi connectivity index (χ1v) is 9.41. The smallest absolute Gasteiger partial charge is 0.223 e. The van der Waals surface area contributed by atoms with E-state index in [0.29, 0.717) is 18.4 Å². The summed E-state index contributed by atoms with van der Waals surface area (Å²) in [5.41, 5.74) is 0.632. The lowest BCUT2D eigenvalue weighted by molar-refractivity contribution is -0.132. The van der Waals surface area contributed by atoms with Crippen LogP contribution in [0.4, 0.5) is 0 Å². The number of fused-ring (bicyclic) bond motifs is 3. The average Bonchev–Trinajstić information content (AvgIpc) is 3.12. The van der Waals surface area contributed by atoms with Crippen LogP contribution < -0.4 is 5.32 Å². The molecule has 0 spiro atoms. The first kappa shape index (κ1) is 16.1. The van der Waals surface area contributed by atoms with Gasteiger partial charge in [0.25, 0.3) is 0 Å². The van der Waals surface area contributed by atoms with Gasteiger partial charge in [0.1, 0.15) is 0 Å². The molecule has 1 aromatic rings. The molecular weight excluding hydrogens is 300 g/mol. The topological polar surface area (TPSA) is 52.6 Å². The van der Waals surface area contributed by atoms with Crippen LogP contribution in [0.5, 0.6) is 0 Å². The van der Waals surface area contributed by atoms with Crippen molar-refractivity contribution in [1.82, 2.24) is 10.2 Å². The van der Waals surface area contributed by atoms with Gasteiger partial charge in [0, 0.05) is 19.0 Å². The van der Waals surface area contributed by atoms with Crippen LogP contribution in [0.3, 0.4) is 0 Å². The van der Waals surface area contributed by atoms with E-state index in [1.807, 2.05) is 6.07 Å². The lowest BCUT2D eigenvalue weighted by Crippen LogP contribution is -2.63. The van der Waals surface area contributed by atoms with E-state index in [1.165, 1.54) is 5.56 Å². The third-order valence-electron chi connectivity index (χ3n) is 6.49. The van der Waals surface area contributed by atoms with Gasteiger partial charge < -0.3 is 15.3 Å². The van der Waals surface area contributed by atoms with Gasteiger partial charge in [-0.25, -0.2) is 0 Å². The third-order valence-corrected chi connectivity index (χ3v) is 6.49. The molecule has 2 N–H and O–H groups in total. The van der Waals surface area contributed by atoms with Crippen molar-refractivity contribution in [2.45, 2.75) is 43.6 Å². The van der Waals surface area contributed by atoms with Crippen molar-refractivity contribution < 1.29 is 9.90 Å². The Morgan fingerprint density at radius 2 is 1.92 bits per heavy atom. The summed E-state index contributed by atoms with van der Waals surface area (Å²) in [4.78, 5) is 14.9. The maximum Gasteiger partial charge on any atom is 0.223 e. The highest BCUT2D eigenvalue weighted by Gasteiger charge is 2.45. The van der Waals surface area contributed by atoms with Gasteiger partial charge in [-0.3, -0.25) is 4.79 Å². The van der Waals surface area contributed by atoms with E-state index in [1.54, 1.807) is 0 Å². The van der Waals surface area contributed by atoms with Gasteiger partial charge in [0.05, 0.1) is 5.60 Å². The molecule has 2 bridgehead atoms. The van der Waals surface area contributed by atoms with E-state index in [9.17, 15) is 9.90 Å². The number of hydrogen-bond acceptors (Lipinski definition) is 3. The Kier molecular flexibility index (Phi) is 4.35. The molecule has 1 aliphatic carbocycles. The van der Waals surface area contributed by atoms with Crippen LogP contribution in [0.25, 0.3) is 0 Å². The summed E-state index contributed by atoms with van der Waals surface area (Å²) < 4.78 is 0. The minimum absolute atomic E-state index is 0.0971. The molecule has 0 radical (unpaired) electrons. The number of carbonyl (C=O) groups is 1. The Bertz CT molecular complexity index is 583. The quantitative estimate of drug-likeness (QED) is 0.890. The molecule has 4 aliphatic rings. The summed E-state index contributed by atoms with van der Waals surface area (Å²) in [5.74, 6) is 1.09. The van der Waals surface area contributed by atoms with Crippen LogP contribution in [0.2, 0.25) is 0 Å². The second-order valence-corrected chi connectivity index (χ2v) is 7.99. The molecule has 130 valence electrons. The number of aliphatic hydroxyl groups is 1. The highest BCUT2D eigenvalue weighted by Crippen LogP contribution is 2.39. The summed E-state index contributed by atoms with van der Waals surface area (Å²) in [5, 5.41) is 14.0. The minimum Gasteiger partial charge on any atom is -0.386 e. The third kappa shape index (κ3) is 3.09. The van der Waals surface area contributed by atoms with Gasteiger partial charge >= 0.3 is 0 Å². The molecule has 0 aromatic heterocycles. The van der Waals surface area contributed by atoms with Gasteiger partial charge in [-0.1, -0.05) is 30.3 Å². The van der Waals surface area contributed by atoms with Crippen molar-refractivity contribution in [2.75, 3.05) is 26.2 Å². The summed E-state index contributed by atoms with van der Waals surface area (Å²) in [6.07, 6.45) is 5.10. The predicted octanol–water partition coefficient (Wildman–Crippen LogP) is 2.14. The van der Waals surface area contributed by atoms with Crippen LogP contribution in [-0.4, -0.2) is 47.7 Å². The van der Waals surface area contributed by atoms with Crippen LogP contribution in [-0.2, 0) is 4.79 Å². The van der Waals surface area contributed by atoms with Crippen LogP contribution in [0.15, 0.2) is 30.3 Å². The fourth-order valence-electron chi connectivity index (χ4n) is 4.98. The Hall–Kier alpha value is -1.39. The monoisotopic (exact) mass is 328 g/mol. The zero-order chi connectivity index (χ0) is 16.6. The largest absolute Gasteiger partial charge is 0.386 e. The van der Waals surface area contributed by atoms with Crippen molar-refractivity contribution in [3.8, 4) is 0 Å². The predicted molar refractivity (Wildman–Crippen MR) is 93.6 cm³/mol. The first-order valence-electron chi connectivity index (χ1n) is 9.41. The molecule has 5 rings (SSSR count). The fourth-order valence-corrected chi connectivity index (χ4v) is 4.98. The van der Waals surface area contributed by atoms with Crippen molar-refractivity contribution in [3.63, 3.8) is 0 Å². The number of benzene rings is 1. The standard InChI is InChI=1S/C20H28N2O2/c23-19(17-7-6-16(12-17)15-4-2-1-3-5-15)21-13-20(24)14-22-10-8-18(20)9-11-22/h1-5,16-18,24H,6-14H2,(H,21,23)/t16-,17-,20?/m1/s1. The molecule has 3 saturated heterocycles. The molecular formula is C20H28N2O2. The summed E-state index contributed by atoms with van der Waals surface area (Å²) in [6.45, 7) is 3.33. The number of rotatable bonds is 4. The molecule has 1 aromatic carbocycles. The molecule has 4 fully saturated rings. The van der Waals surface area contributed by atoms with Gasteiger partial charge in [0.15, 0.2) is 0 Å². The van der Waals surface area contributed by atoms with Gasteiger partial charge in [-0.2, -0.15) is 0 Å². The molecule has 4 heteroatoms. The molecule has 3 heterocycles. The lowest BCUT2D eigenvalue weighted by Gasteiger charge is -2.50. The Morgan fingerprint density at radius 3 is 2.58 bits per heavy atom. The number of carbonyl (C=O) groups excluding carboxylic acids is 1. The SMILES string of the molecule is O=C(NCC1(O)CN2CCC1CC2)[C@@H]1CC[C@@H](c2ccccc2)C1. The molecule has 3 atom stereocenters. The average molecular weight is 328 g/mol. The second-order valence-electron chi connectivity index (χ2n) is 7.99. The molecule has 4 nitrogen and oxygen atoms in total. The van der Waals surface area contributed by atoms with Crippen LogP contribution in [0, 0.1) is 11.8 Å². The van der Waals surface area contributed by atoms with Gasteiger partial charge in [-0.05, 0) is 62.6 Å². The summed E-state index contributed by atoms with van der Waals surface area (Å²) >= 11 is 0. The highest BCUT2D eigenvalue weighted by atomic mass is 16.3. The molecule has 24 heavy (non-hydrogen) atoms. The first-order chi connectivity index (χ1) is 11.6. The number of nitrogens with zero attached hydrogens (tertiary/aromatic N) is 1. The Morgan fingerprint density at radius 1 is 1.17 bits per heavy atom.